The van der Waals surface area contributed by atoms with Crippen LogP contribution < -0.4 is 5.32 Å². The quantitative estimate of drug-likeness (QED) is 0.826. The van der Waals surface area contributed by atoms with Crippen LogP contribution in [0.3, 0.4) is 0 Å². The number of amides is 1. The van der Waals surface area contributed by atoms with Gasteiger partial charge < -0.3 is 5.32 Å². The van der Waals surface area contributed by atoms with Crippen molar-refractivity contribution < 1.29 is 4.79 Å². The highest BCUT2D eigenvalue weighted by Crippen LogP contribution is 2.24. The van der Waals surface area contributed by atoms with Gasteiger partial charge in [0.15, 0.2) is 11.1 Å². The molecule has 6 heteroatoms. The van der Waals surface area contributed by atoms with Crippen LogP contribution in [-0.4, -0.2) is 22.4 Å². The van der Waals surface area contributed by atoms with Crippen molar-refractivity contribution >= 4 is 28.5 Å². The van der Waals surface area contributed by atoms with Crippen LogP contribution in [0.5, 0.6) is 0 Å². The molecule has 1 aliphatic rings. The first-order valence-electron chi connectivity index (χ1n) is 8.46. The van der Waals surface area contributed by atoms with Gasteiger partial charge in [-0.2, -0.15) is 5.26 Å². The van der Waals surface area contributed by atoms with Crippen molar-refractivity contribution in [3.8, 4) is 6.07 Å². The fourth-order valence-electron chi connectivity index (χ4n) is 3.00. The molecular weight excluding hydrogens is 336 g/mol. The molecule has 3 rings (SSSR count). The molecule has 0 bridgehead atoms. The third-order valence-electron chi connectivity index (χ3n) is 4.35. The van der Waals surface area contributed by atoms with Crippen LogP contribution in [0.2, 0.25) is 5.15 Å². The molecule has 2 aromatic rings. The minimum absolute atomic E-state index is 0.0930. The molecule has 0 fully saturated rings. The molecule has 0 saturated heterocycles. The zero-order valence-corrected chi connectivity index (χ0v) is 14.6. The van der Waals surface area contributed by atoms with Gasteiger partial charge in [-0.3, -0.25) is 4.79 Å². The first-order valence-corrected chi connectivity index (χ1v) is 8.84. The van der Waals surface area contributed by atoms with Crippen LogP contribution >= 0.6 is 11.6 Å². The molecular formula is C19H19ClN4O. The Morgan fingerprint density at radius 1 is 1.28 bits per heavy atom. The molecule has 1 amide bonds. The highest BCUT2D eigenvalue weighted by molar-refractivity contribution is 6.30. The maximum Gasteiger partial charge on any atom is 0.243 e. The van der Waals surface area contributed by atoms with E-state index in [4.69, 9.17) is 11.6 Å². The molecule has 1 aromatic carbocycles. The molecule has 5 nitrogen and oxygen atoms in total. The van der Waals surface area contributed by atoms with E-state index in [1.807, 2.05) is 18.2 Å². The van der Waals surface area contributed by atoms with Gasteiger partial charge in [0.05, 0.1) is 17.1 Å². The number of carbonyl (C=O) groups excluding carboxylic acids is 1. The summed E-state index contributed by atoms with van der Waals surface area (Å²) in [5, 5.41) is 12.4. The Labute approximate surface area is 151 Å². The summed E-state index contributed by atoms with van der Waals surface area (Å²) >= 11 is 6.16. The topological polar surface area (TPSA) is 78.7 Å². The lowest BCUT2D eigenvalue weighted by atomic mass is 9.97. The Hall–Kier alpha value is -2.45. The summed E-state index contributed by atoms with van der Waals surface area (Å²) < 4.78 is 0. The zero-order chi connectivity index (χ0) is 17.6. The predicted molar refractivity (Wildman–Crippen MR) is 97.1 cm³/mol. The smallest absolute Gasteiger partial charge is 0.243 e. The Morgan fingerprint density at radius 3 is 2.72 bits per heavy atom. The number of para-hydroxylation sites is 2. The average Bonchev–Trinajstić information content (AvgIpc) is 2.63. The van der Waals surface area contributed by atoms with E-state index in [-0.39, 0.29) is 16.8 Å². The number of hydrogen-bond donors (Lipinski definition) is 1. The molecule has 0 saturated carbocycles. The third-order valence-corrected chi connectivity index (χ3v) is 4.63. The number of benzene rings is 1. The van der Waals surface area contributed by atoms with Crippen LogP contribution in [-0.2, 0) is 4.79 Å². The minimum Gasteiger partial charge on any atom is -0.354 e. The molecule has 1 aliphatic carbocycles. The number of hydrogen-bond acceptors (Lipinski definition) is 4. The second kappa shape index (κ2) is 8.09. The van der Waals surface area contributed by atoms with Crippen molar-refractivity contribution in [2.24, 2.45) is 0 Å². The van der Waals surface area contributed by atoms with Gasteiger partial charge in [-0.25, -0.2) is 9.97 Å². The van der Waals surface area contributed by atoms with Crippen LogP contribution in [0.1, 0.15) is 43.7 Å². The summed E-state index contributed by atoms with van der Waals surface area (Å²) in [5.74, 6) is -1.45. The normalized spacial score (nSPS) is 15.3. The van der Waals surface area contributed by atoms with Gasteiger partial charge in [-0.15, -0.1) is 0 Å². The van der Waals surface area contributed by atoms with Crippen molar-refractivity contribution in [1.29, 1.82) is 5.26 Å². The maximum absolute atomic E-state index is 12.4. The van der Waals surface area contributed by atoms with Crippen molar-refractivity contribution in [1.82, 2.24) is 15.3 Å². The van der Waals surface area contributed by atoms with E-state index in [0.717, 1.165) is 19.3 Å². The number of rotatable bonds is 5. The first-order chi connectivity index (χ1) is 12.2. The fourth-order valence-corrected chi connectivity index (χ4v) is 3.24. The number of carbonyl (C=O) groups is 1. The third kappa shape index (κ3) is 4.15. The minimum atomic E-state index is -1.06. The van der Waals surface area contributed by atoms with E-state index in [9.17, 15) is 10.1 Å². The monoisotopic (exact) mass is 354 g/mol. The van der Waals surface area contributed by atoms with E-state index in [1.54, 1.807) is 12.1 Å². The van der Waals surface area contributed by atoms with E-state index < -0.39 is 5.92 Å². The highest BCUT2D eigenvalue weighted by atomic mass is 35.5. The molecule has 1 N–H and O–H groups in total. The molecule has 1 aromatic heterocycles. The van der Waals surface area contributed by atoms with Gasteiger partial charge in [0.2, 0.25) is 5.91 Å². The Kier molecular flexibility index (Phi) is 5.62. The fraction of sp³-hybridized carbons (Fsp3) is 0.368. The summed E-state index contributed by atoms with van der Waals surface area (Å²) in [5.41, 5.74) is 2.83. The number of nitrogens with one attached hydrogen (secondary N) is 1. The highest BCUT2D eigenvalue weighted by Gasteiger charge is 2.25. The number of halogens is 1. The van der Waals surface area contributed by atoms with E-state index in [0.29, 0.717) is 17.6 Å². The van der Waals surface area contributed by atoms with Crippen LogP contribution in [0.25, 0.3) is 11.0 Å². The average molecular weight is 355 g/mol. The van der Waals surface area contributed by atoms with Crippen LogP contribution in [0.4, 0.5) is 0 Å². The number of fused-ring (bicyclic) bond motifs is 1. The Morgan fingerprint density at radius 2 is 2.04 bits per heavy atom. The molecule has 0 unspecified atom stereocenters. The predicted octanol–water partition coefficient (Wildman–Crippen LogP) is 3.90. The van der Waals surface area contributed by atoms with Crippen molar-refractivity contribution in [3.05, 3.63) is 46.8 Å². The number of aromatic nitrogens is 2. The Bertz CT molecular complexity index is 856. The number of nitrogens with zero attached hydrogens (tertiary/aromatic N) is 3. The zero-order valence-electron chi connectivity index (χ0n) is 13.8. The second-order valence-electron chi connectivity index (χ2n) is 6.10. The van der Waals surface area contributed by atoms with Crippen molar-refractivity contribution in [2.75, 3.05) is 6.54 Å². The SMILES string of the molecule is N#C[C@@H](C(=O)NCCC1=CCCCC1)c1nc2ccccc2nc1Cl. The molecule has 128 valence electrons. The molecule has 0 spiro atoms. The maximum atomic E-state index is 12.4. The van der Waals surface area contributed by atoms with Crippen molar-refractivity contribution in [3.63, 3.8) is 0 Å². The van der Waals surface area contributed by atoms with Crippen LogP contribution in [0.15, 0.2) is 35.9 Å². The molecule has 1 heterocycles. The first kappa shape index (κ1) is 17.4. The molecule has 0 aliphatic heterocycles. The number of allylic oxidation sites excluding steroid dienone is 1. The van der Waals surface area contributed by atoms with Gasteiger partial charge in [0.25, 0.3) is 0 Å². The molecule has 25 heavy (non-hydrogen) atoms. The van der Waals surface area contributed by atoms with Crippen molar-refractivity contribution in [2.45, 2.75) is 38.0 Å². The van der Waals surface area contributed by atoms with Crippen LogP contribution in [0, 0.1) is 11.3 Å². The number of nitriles is 1. The standard InChI is InChI=1S/C19H19ClN4O/c20-18-17(23-15-8-4-5-9-16(15)24-18)14(12-21)19(25)22-11-10-13-6-2-1-3-7-13/h4-6,8-9,14H,1-3,7,10-11H2,(H,22,25)/t14-/m1/s1. The van der Waals surface area contributed by atoms with Gasteiger partial charge in [0, 0.05) is 6.54 Å². The Balaban J connectivity index is 1.71. The van der Waals surface area contributed by atoms with E-state index in [2.05, 4.69) is 21.4 Å². The lowest BCUT2D eigenvalue weighted by Crippen LogP contribution is -2.30. The van der Waals surface area contributed by atoms with Gasteiger partial charge >= 0.3 is 0 Å². The summed E-state index contributed by atoms with van der Waals surface area (Å²) in [6.07, 6.45) is 7.74. The largest absolute Gasteiger partial charge is 0.354 e. The summed E-state index contributed by atoms with van der Waals surface area (Å²) in [4.78, 5) is 21.0. The summed E-state index contributed by atoms with van der Waals surface area (Å²) in [6, 6.07) is 9.23. The second-order valence-corrected chi connectivity index (χ2v) is 6.46. The summed E-state index contributed by atoms with van der Waals surface area (Å²) in [6.45, 7) is 0.515. The van der Waals surface area contributed by atoms with E-state index >= 15 is 0 Å². The lowest BCUT2D eigenvalue weighted by Gasteiger charge is -2.14. The van der Waals surface area contributed by atoms with Gasteiger partial charge in [-0.1, -0.05) is 35.4 Å². The summed E-state index contributed by atoms with van der Waals surface area (Å²) in [7, 11) is 0. The lowest BCUT2D eigenvalue weighted by molar-refractivity contribution is -0.121. The molecule has 0 radical (unpaired) electrons. The van der Waals surface area contributed by atoms with E-state index in [1.165, 1.54) is 18.4 Å². The van der Waals surface area contributed by atoms with Gasteiger partial charge in [0.1, 0.15) is 5.69 Å². The van der Waals surface area contributed by atoms with Gasteiger partial charge in [-0.05, 0) is 44.2 Å². The molecule has 1 atom stereocenters.